The van der Waals surface area contributed by atoms with E-state index in [-0.39, 0.29) is 11.4 Å². The minimum Gasteiger partial charge on any atom is -0.480 e. The van der Waals surface area contributed by atoms with Gasteiger partial charge in [-0.15, -0.1) is 12.3 Å². The number of anilines is 1. The third-order valence-electron chi connectivity index (χ3n) is 2.05. The first-order valence-electron chi connectivity index (χ1n) is 4.71. The molecule has 4 nitrogen and oxygen atoms in total. The van der Waals surface area contributed by atoms with Crippen LogP contribution < -0.4 is 5.32 Å². The van der Waals surface area contributed by atoms with Crippen molar-refractivity contribution in [3.63, 3.8) is 0 Å². The molecule has 0 heterocycles. The molecule has 0 aromatic heterocycles. The largest absolute Gasteiger partial charge is 0.480 e. The van der Waals surface area contributed by atoms with Crippen molar-refractivity contribution in [2.75, 3.05) is 5.32 Å². The lowest BCUT2D eigenvalue weighted by Crippen LogP contribution is -2.28. The van der Waals surface area contributed by atoms with E-state index < -0.39 is 12.0 Å². The molecule has 1 aromatic carbocycles. The second kappa shape index (κ2) is 5.79. The van der Waals surface area contributed by atoms with Crippen molar-refractivity contribution in [3.8, 4) is 18.4 Å². The van der Waals surface area contributed by atoms with Gasteiger partial charge in [0.15, 0.2) is 0 Å². The van der Waals surface area contributed by atoms with Gasteiger partial charge in [-0.2, -0.15) is 5.26 Å². The fraction of sp³-hybridized carbons (Fsp3) is 0.167. The molecule has 0 fully saturated rings. The van der Waals surface area contributed by atoms with Gasteiger partial charge in [0, 0.05) is 12.1 Å². The first-order chi connectivity index (χ1) is 8.08. The highest BCUT2D eigenvalue weighted by molar-refractivity contribution is 6.32. The summed E-state index contributed by atoms with van der Waals surface area (Å²) in [6.45, 7) is 0. The fourth-order valence-electron chi connectivity index (χ4n) is 1.21. The molecule has 1 aromatic rings. The summed E-state index contributed by atoms with van der Waals surface area (Å²) in [5, 5.41) is 20.6. The van der Waals surface area contributed by atoms with Crippen molar-refractivity contribution in [2.45, 2.75) is 12.5 Å². The van der Waals surface area contributed by atoms with E-state index in [0.717, 1.165) is 0 Å². The van der Waals surface area contributed by atoms with Crippen LogP contribution in [0.15, 0.2) is 18.2 Å². The summed E-state index contributed by atoms with van der Waals surface area (Å²) < 4.78 is 0. The highest BCUT2D eigenvalue weighted by Gasteiger charge is 2.15. The van der Waals surface area contributed by atoms with Gasteiger partial charge >= 0.3 is 5.97 Å². The van der Waals surface area contributed by atoms with Crippen molar-refractivity contribution in [1.29, 1.82) is 5.26 Å². The zero-order valence-corrected chi connectivity index (χ0v) is 9.53. The maximum absolute atomic E-state index is 10.9. The van der Waals surface area contributed by atoms with Crippen LogP contribution in [0.2, 0.25) is 5.02 Å². The van der Waals surface area contributed by atoms with Crippen molar-refractivity contribution in [2.24, 2.45) is 0 Å². The second-order valence-corrected chi connectivity index (χ2v) is 3.66. The Morgan fingerprint density at radius 2 is 2.35 bits per heavy atom. The molecule has 0 aliphatic carbocycles. The highest BCUT2D eigenvalue weighted by Crippen LogP contribution is 2.21. The molecule has 0 bridgehead atoms. The molecule has 1 rings (SSSR count). The number of carbonyl (C=O) groups is 1. The van der Waals surface area contributed by atoms with E-state index in [4.69, 9.17) is 28.4 Å². The van der Waals surface area contributed by atoms with E-state index in [2.05, 4.69) is 11.2 Å². The first-order valence-corrected chi connectivity index (χ1v) is 5.08. The number of carboxylic acids is 1. The van der Waals surface area contributed by atoms with E-state index >= 15 is 0 Å². The summed E-state index contributed by atoms with van der Waals surface area (Å²) in [7, 11) is 0. The average Bonchev–Trinajstić information content (AvgIpc) is 2.28. The van der Waals surface area contributed by atoms with Gasteiger partial charge < -0.3 is 10.4 Å². The minimum atomic E-state index is -1.04. The number of nitrogens with zero attached hydrogens (tertiary/aromatic N) is 1. The van der Waals surface area contributed by atoms with Gasteiger partial charge in [-0.25, -0.2) is 4.79 Å². The topological polar surface area (TPSA) is 73.1 Å². The number of benzene rings is 1. The average molecular weight is 249 g/mol. The zero-order valence-electron chi connectivity index (χ0n) is 8.77. The Balaban J connectivity index is 2.88. The van der Waals surface area contributed by atoms with Crippen LogP contribution in [0.1, 0.15) is 12.0 Å². The number of nitriles is 1. The lowest BCUT2D eigenvalue weighted by molar-refractivity contribution is -0.137. The second-order valence-electron chi connectivity index (χ2n) is 3.25. The van der Waals surface area contributed by atoms with Gasteiger partial charge in [0.2, 0.25) is 0 Å². The number of aliphatic carboxylic acids is 1. The number of halogens is 1. The summed E-state index contributed by atoms with van der Waals surface area (Å²) >= 11 is 5.82. The van der Waals surface area contributed by atoms with Gasteiger partial charge in [-0.1, -0.05) is 11.6 Å². The normalized spacial score (nSPS) is 11.0. The van der Waals surface area contributed by atoms with Crippen molar-refractivity contribution in [3.05, 3.63) is 28.8 Å². The standard InChI is InChI=1S/C12H9ClN2O2/c1-2-3-11(12(16)17)15-9-5-4-8(7-14)10(13)6-9/h1,4-6,11,15H,3H2,(H,16,17). The van der Waals surface area contributed by atoms with Crippen molar-refractivity contribution >= 4 is 23.3 Å². The molecular weight excluding hydrogens is 240 g/mol. The van der Waals surface area contributed by atoms with Crippen LogP contribution in [-0.2, 0) is 4.79 Å². The van der Waals surface area contributed by atoms with Crippen molar-refractivity contribution in [1.82, 2.24) is 0 Å². The van der Waals surface area contributed by atoms with Gasteiger partial charge in [-0.3, -0.25) is 0 Å². The summed E-state index contributed by atoms with van der Waals surface area (Å²) in [5.74, 6) is 1.24. The van der Waals surface area contributed by atoms with Gasteiger partial charge in [-0.05, 0) is 18.2 Å². The molecule has 86 valence electrons. The first kappa shape index (κ1) is 12.9. The number of hydrogen-bond acceptors (Lipinski definition) is 3. The molecule has 0 radical (unpaired) electrons. The predicted molar refractivity (Wildman–Crippen MR) is 64.7 cm³/mol. The Labute approximate surface area is 104 Å². The van der Waals surface area contributed by atoms with Crippen LogP contribution in [0.5, 0.6) is 0 Å². The molecule has 17 heavy (non-hydrogen) atoms. The number of nitrogens with one attached hydrogen (secondary N) is 1. The van der Waals surface area contributed by atoms with Crippen LogP contribution >= 0.6 is 11.6 Å². The molecule has 2 N–H and O–H groups in total. The van der Waals surface area contributed by atoms with Crippen molar-refractivity contribution < 1.29 is 9.90 Å². The number of carboxylic acid groups (broad SMARTS) is 1. The van der Waals surface area contributed by atoms with Gasteiger partial charge in [0.25, 0.3) is 0 Å². The third-order valence-corrected chi connectivity index (χ3v) is 2.36. The minimum absolute atomic E-state index is 0.0625. The van der Waals surface area contributed by atoms with E-state index in [9.17, 15) is 4.79 Å². The maximum Gasteiger partial charge on any atom is 0.327 e. The molecule has 0 aliphatic rings. The molecule has 0 saturated heterocycles. The SMILES string of the molecule is C#CCC(Nc1ccc(C#N)c(Cl)c1)C(=O)O. The Kier molecular flexibility index (Phi) is 4.39. The smallest absolute Gasteiger partial charge is 0.327 e. The van der Waals surface area contributed by atoms with E-state index in [1.807, 2.05) is 6.07 Å². The van der Waals surface area contributed by atoms with E-state index in [0.29, 0.717) is 11.3 Å². The third kappa shape index (κ3) is 3.41. The molecule has 5 heteroatoms. The number of hydrogen-bond donors (Lipinski definition) is 2. The summed E-state index contributed by atoms with van der Waals surface area (Å²) in [5.41, 5.74) is 0.845. The van der Waals surface area contributed by atoms with Crippen LogP contribution in [0.25, 0.3) is 0 Å². The van der Waals surface area contributed by atoms with Crippen LogP contribution in [0.3, 0.4) is 0 Å². The predicted octanol–water partition coefficient (Wildman–Crippen LogP) is 2.10. The zero-order chi connectivity index (χ0) is 12.8. The summed E-state index contributed by atoms with van der Waals surface area (Å²) in [6, 6.07) is 5.63. The Morgan fingerprint density at radius 1 is 1.65 bits per heavy atom. The Hall–Kier alpha value is -2.17. The Morgan fingerprint density at radius 3 is 2.82 bits per heavy atom. The van der Waals surface area contributed by atoms with Crippen LogP contribution in [0.4, 0.5) is 5.69 Å². The molecular formula is C12H9ClN2O2. The lowest BCUT2D eigenvalue weighted by atomic mass is 10.1. The molecule has 1 atom stereocenters. The summed E-state index contributed by atoms with van der Waals surface area (Å²) in [6.07, 6.45) is 5.14. The van der Waals surface area contributed by atoms with Crippen LogP contribution in [-0.4, -0.2) is 17.1 Å². The molecule has 0 aliphatic heterocycles. The monoisotopic (exact) mass is 248 g/mol. The quantitative estimate of drug-likeness (QED) is 0.801. The highest BCUT2D eigenvalue weighted by atomic mass is 35.5. The number of terminal acetylenes is 1. The van der Waals surface area contributed by atoms with Gasteiger partial charge in [0.05, 0.1) is 10.6 Å². The fourth-order valence-corrected chi connectivity index (χ4v) is 1.44. The molecule has 1 unspecified atom stereocenters. The van der Waals surface area contributed by atoms with E-state index in [1.54, 1.807) is 6.07 Å². The van der Waals surface area contributed by atoms with Crippen LogP contribution in [0, 0.1) is 23.7 Å². The molecule has 0 saturated carbocycles. The lowest BCUT2D eigenvalue weighted by Gasteiger charge is -2.13. The van der Waals surface area contributed by atoms with E-state index in [1.165, 1.54) is 12.1 Å². The molecule has 0 amide bonds. The summed E-state index contributed by atoms with van der Waals surface area (Å²) in [4.78, 5) is 10.9. The Bertz CT molecular complexity index is 514. The molecule has 0 spiro atoms. The maximum atomic E-state index is 10.9. The van der Waals surface area contributed by atoms with Gasteiger partial charge in [0.1, 0.15) is 12.1 Å². The number of rotatable bonds is 4.